The van der Waals surface area contributed by atoms with E-state index in [-0.39, 0.29) is 18.5 Å². The number of carbonyl (C=O) groups is 1. The standard InChI is InChI=1S/C26H28N4O3/c1-4-25-29-21-7-5-6-8-22(21)30(25)16-26(31)28-18(2)20-9-10-23(24(15-20)32-3)33-17-19-11-13-27-14-12-19/h5-15,18H,4,16-17H2,1-3H3,(H,28,31). The third kappa shape index (κ3) is 5.14. The predicted octanol–water partition coefficient (Wildman–Crippen LogP) is 4.46. The van der Waals surface area contributed by atoms with Crippen molar-refractivity contribution in [3.8, 4) is 11.5 Å². The Labute approximate surface area is 193 Å². The van der Waals surface area contributed by atoms with Gasteiger partial charge in [0.05, 0.1) is 24.2 Å². The van der Waals surface area contributed by atoms with E-state index in [4.69, 9.17) is 9.47 Å². The van der Waals surface area contributed by atoms with Gasteiger partial charge in [-0.3, -0.25) is 9.78 Å². The van der Waals surface area contributed by atoms with Gasteiger partial charge in [0.15, 0.2) is 11.5 Å². The molecule has 1 atom stereocenters. The first-order valence-electron chi connectivity index (χ1n) is 11.0. The minimum absolute atomic E-state index is 0.0719. The van der Waals surface area contributed by atoms with Crippen molar-refractivity contribution in [1.82, 2.24) is 19.9 Å². The Morgan fingerprint density at radius 1 is 1.09 bits per heavy atom. The van der Waals surface area contributed by atoms with Crippen LogP contribution in [-0.4, -0.2) is 27.6 Å². The molecule has 2 heterocycles. The molecule has 2 aromatic heterocycles. The van der Waals surface area contributed by atoms with Crippen LogP contribution in [0.3, 0.4) is 0 Å². The highest BCUT2D eigenvalue weighted by atomic mass is 16.5. The molecule has 33 heavy (non-hydrogen) atoms. The number of hydrogen-bond donors (Lipinski definition) is 1. The molecule has 1 unspecified atom stereocenters. The van der Waals surface area contributed by atoms with Crippen LogP contribution in [0.4, 0.5) is 0 Å². The average molecular weight is 445 g/mol. The first kappa shape index (κ1) is 22.3. The number of benzene rings is 2. The smallest absolute Gasteiger partial charge is 0.240 e. The van der Waals surface area contributed by atoms with E-state index >= 15 is 0 Å². The molecule has 0 radical (unpaired) electrons. The number of ether oxygens (including phenoxy) is 2. The van der Waals surface area contributed by atoms with Gasteiger partial charge in [0, 0.05) is 18.8 Å². The number of imidazole rings is 1. The number of carbonyl (C=O) groups excluding carboxylic acids is 1. The molecular formula is C26H28N4O3. The number of pyridine rings is 1. The van der Waals surface area contributed by atoms with Gasteiger partial charge in [-0.1, -0.05) is 25.1 Å². The quantitative estimate of drug-likeness (QED) is 0.412. The van der Waals surface area contributed by atoms with Crippen LogP contribution in [0.5, 0.6) is 11.5 Å². The fourth-order valence-electron chi connectivity index (χ4n) is 3.80. The molecule has 0 saturated carbocycles. The normalized spacial score (nSPS) is 11.8. The maximum absolute atomic E-state index is 12.9. The zero-order valence-corrected chi connectivity index (χ0v) is 19.1. The summed E-state index contributed by atoms with van der Waals surface area (Å²) in [6.45, 7) is 4.64. The van der Waals surface area contributed by atoms with Gasteiger partial charge < -0.3 is 19.4 Å². The third-order valence-electron chi connectivity index (χ3n) is 5.56. The molecule has 0 fully saturated rings. The number of nitrogens with one attached hydrogen (secondary N) is 1. The zero-order chi connectivity index (χ0) is 23.2. The number of amides is 1. The van der Waals surface area contributed by atoms with Crippen molar-refractivity contribution in [2.45, 2.75) is 39.5 Å². The lowest BCUT2D eigenvalue weighted by Crippen LogP contribution is -2.30. The van der Waals surface area contributed by atoms with Crippen molar-refractivity contribution in [1.29, 1.82) is 0 Å². The first-order chi connectivity index (χ1) is 16.1. The molecule has 0 spiro atoms. The van der Waals surface area contributed by atoms with Crippen LogP contribution in [0.15, 0.2) is 67.0 Å². The number of aromatic nitrogens is 3. The Bertz CT molecular complexity index is 1240. The molecule has 7 nitrogen and oxygen atoms in total. The molecule has 0 bridgehead atoms. The van der Waals surface area contributed by atoms with Crippen LogP contribution < -0.4 is 14.8 Å². The summed E-state index contributed by atoms with van der Waals surface area (Å²) in [5.41, 5.74) is 3.83. The van der Waals surface area contributed by atoms with Gasteiger partial charge in [-0.2, -0.15) is 0 Å². The van der Waals surface area contributed by atoms with E-state index in [9.17, 15) is 4.79 Å². The number of rotatable bonds is 9. The molecule has 170 valence electrons. The van der Waals surface area contributed by atoms with Gasteiger partial charge in [-0.15, -0.1) is 0 Å². The summed E-state index contributed by atoms with van der Waals surface area (Å²) < 4.78 is 13.4. The van der Waals surface area contributed by atoms with Crippen molar-refractivity contribution in [3.05, 3.63) is 83.9 Å². The number of hydrogen-bond acceptors (Lipinski definition) is 5. The van der Waals surface area contributed by atoms with Crippen LogP contribution in [0, 0.1) is 0 Å². The lowest BCUT2D eigenvalue weighted by Gasteiger charge is -2.18. The predicted molar refractivity (Wildman–Crippen MR) is 127 cm³/mol. The summed E-state index contributed by atoms with van der Waals surface area (Å²) in [6.07, 6.45) is 4.23. The maximum Gasteiger partial charge on any atom is 0.240 e. The average Bonchev–Trinajstić information content (AvgIpc) is 3.20. The van der Waals surface area contributed by atoms with Crippen molar-refractivity contribution in [2.75, 3.05) is 7.11 Å². The van der Waals surface area contributed by atoms with Gasteiger partial charge in [0.2, 0.25) is 5.91 Å². The highest BCUT2D eigenvalue weighted by Crippen LogP contribution is 2.31. The van der Waals surface area contributed by atoms with Gasteiger partial charge >= 0.3 is 0 Å². The lowest BCUT2D eigenvalue weighted by atomic mass is 10.1. The van der Waals surface area contributed by atoms with Crippen molar-refractivity contribution in [2.24, 2.45) is 0 Å². The Kier molecular flexibility index (Phi) is 6.88. The Hall–Kier alpha value is -3.87. The van der Waals surface area contributed by atoms with Crippen molar-refractivity contribution < 1.29 is 14.3 Å². The summed E-state index contributed by atoms with van der Waals surface area (Å²) >= 11 is 0. The number of nitrogens with zero attached hydrogens (tertiary/aromatic N) is 3. The number of para-hydroxylation sites is 2. The van der Waals surface area contributed by atoms with E-state index in [1.54, 1.807) is 19.5 Å². The fraction of sp³-hybridized carbons (Fsp3) is 0.269. The molecule has 7 heteroatoms. The molecule has 0 aliphatic heterocycles. The van der Waals surface area contributed by atoms with E-state index in [1.807, 2.05) is 73.0 Å². The molecular weight excluding hydrogens is 416 g/mol. The van der Waals surface area contributed by atoms with Crippen LogP contribution >= 0.6 is 0 Å². The minimum Gasteiger partial charge on any atom is -0.493 e. The Morgan fingerprint density at radius 3 is 2.64 bits per heavy atom. The minimum atomic E-state index is -0.194. The van der Waals surface area contributed by atoms with Gasteiger partial charge in [0.25, 0.3) is 0 Å². The molecule has 1 N–H and O–H groups in total. The van der Waals surface area contributed by atoms with Gasteiger partial charge in [0.1, 0.15) is 19.0 Å². The first-order valence-corrected chi connectivity index (χ1v) is 11.0. The van der Waals surface area contributed by atoms with Crippen LogP contribution in [-0.2, 0) is 24.4 Å². The lowest BCUT2D eigenvalue weighted by molar-refractivity contribution is -0.122. The molecule has 0 saturated heterocycles. The van der Waals surface area contributed by atoms with E-state index in [1.165, 1.54) is 0 Å². The largest absolute Gasteiger partial charge is 0.493 e. The maximum atomic E-state index is 12.9. The molecule has 0 aliphatic rings. The number of methoxy groups -OCH3 is 1. The fourth-order valence-corrected chi connectivity index (χ4v) is 3.80. The summed E-state index contributed by atoms with van der Waals surface area (Å²) in [5, 5.41) is 3.09. The molecule has 2 aromatic carbocycles. The van der Waals surface area contributed by atoms with Crippen molar-refractivity contribution >= 4 is 16.9 Å². The van der Waals surface area contributed by atoms with Crippen LogP contribution in [0.1, 0.15) is 36.8 Å². The van der Waals surface area contributed by atoms with Gasteiger partial charge in [-0.05, 0) is 54.4 Å². The highest BCUT2D eigenvalue weighted by molar-refractivity contribution is 5.81. The summed E-state index contributed by atoms with van der Waals surface area (Å²) in [7, 11) is 1.61. The second-order valence-corrected chi connectivity index (χ2v) is 7.80. The second kappa shape index (κ2) is 10.2. The summed E-state index contributed by atoms with van der Waals surface area (Å²) in [6, 6.07) is 17.2. The molecule has 0 aliphatic carbocycles. The SMILES string of the molecule is CCc1nc2ccccc2n1CC(=O)NC(C)c1ccc(OCc2ccncc2)c(OC)c1. The molecule has 4 rings (SSSR count). The van der Waals surface area contributed by atoms with Crippen molar-refractivity contribution in [3.63, 3.8) is 0 Å². The third-order valence-corrected chi connectivity index (χ3v) is 5.56. The number of fused-ring (bicyclic) bond motifs is 1. The zero-order valence-electron chi connectivity index (χ0n) is 19.1. The van der Waals surface area contributed by atoms with Gasteiger partial charge in [-0.25, -0.2) is 4.98 Å². The Balaban J connectivity index is 1.44. The van der Waals surface area contributed by atoms with Crippen LogP contribution in [0.25, 0.3) is 11.0 Å². The number of aryl methyl sites for hydroxylation is 1. The summed E-state index contributed by atoms with van der Waals surface area (Å²) in [5.74, 6) is 2.10. The van der Waals surface area contributed by atoms with E-state index in [0.717, 1.165) is 34.4 Å². The van der Waals surface area contributed by atoms with E-state index in [0.29, 0.717) is 18.1 Å². The van der Waals surface area contributed by atoms with E-state index in [2.05, 4.69) is 15.3 Å². The van der Waals surface area contributed by atoms with E-state index < -0.39 is 0 Å². The topological polar surface area (TPSA) is 78.3 Å². The molecule has 1 amide bonds. The monoisotopic (exact) mass is 444 g/mol. The van der Waals surface area contributed by atoms with Crippen LogP contribution in [0.2, 0.25) is 0 Å². The molecule has 4 aromatic rings. The Morgan fingerprint density at radius 2 is 1.88 bits per heavy atom. The highest BCUT2D eigenvalue weighted by Gasteiger charge is 2.16. The summed E-state index contributed by atoms with van der Waals surface area (Å²) in [4.78, 5) is 21.5. The second-order valence-electron chi connectivity index (χ2n) is 7.80.